The van der Waals surface area contributed by atoms with Crippen molar-refractivity contribution in [2.45, 2.75) is 6.10 Å². The summed E-state index contributed by atoms with van der Waals surface area (Å²) in [6, 6.07) is 7.78. The van der Waals surface area contributed by atoms with Crippen molar-refractivity contribution in [1.82, 2.24) is 15.6 Å². The van der Waals surface area contributed by atoms with Crippen LogP contribution in [0.2, 0.25) is 0 Å². The van der Waals surface area contributed by atoms with Crippen LogP contribution in [-0.2, 0) is 4.74 Å². The van der Waals surface area contributed by atoms with E-state index < -0.39 is 0 Å². The van der Waals surface area contributed by atoms with Crippen molar-refractivity contribution in [3.05, 3.63) is 36.0 Å². The second-order valence-corrected chi connectivity index (χ2v) is 4.65. The van der Waals surface area contributed by atoms with Gasteiger partial charge in [-0.15, -0.1) is 0 Å². The lowest BCUT2D eigenvalue weighted by atomic mass is 10.1. The largest absolute Gasteiger partial charge is 0.374 e. The average molecular weight is 259 g/mol. The van der Waals surface area contributed by atoms with Crippen molar-refractivity contribution in [2.75, 3.05) is 26.2 Å². The molecule has 19 heavy (non-hydrogen) atoms. The number of carbonyl (C=O) groups is 1. The molecule has 1 aromatic carbocycles. The Bertz CT molecular complexity index is 573. The number of ether oxygens (including phenoxy) is 1. The van der Waals surface area contributed by atoms with Gasteiger partial charge in [-0.3, -0.25) is 4.79 Å². The Kier molecular flexibility index (Phi) is 3.48. The Balaban J connectivity index is 1.66. The van der Waals surface area contributed by atoms with Crippen molar-refractivity contribution < 1.29 is 9.53 Å². The monoisotopic (exact) mass is 259 g/mol. The van der Waals surface area contributed by atoms with E-state index in [1.54, 1.807) is 6.20 Å². The van der Waals surface area contributed by atoms with Gasteiger partial charge in [0, 0.05) is 36.7 Å². The number of hydrogen-bond donors (Lipinski definition) is 3. The summed E-state index contributed by atoms with van der Waals surface area (Å²) in [4.78, 5) is 15.3. The number of fused-ring (bicyclic) bond motifs is 1. The van der Waals surface area contributed by atoms with Crippen LogP contribution in [0, 0.1) is 0 Å². The molecule has 0 saturated carbocycles. The molecule has 1 amide bonds. The third kappa shape index (κ3) is 2.62. The number of aromatic nitrogens is 1. The van der Waals surface area contributed by atoms with Crippen LogP contribution in [0.4, 0.5) is 0 Å². The third-order valence-electron chi connectivity index (χ3n) is 3.33. The zero-order valence-electron chi connectivity index (χ0n) is 10.6. The molecular weight excluding hydrogens is 242 g/mol. The summed E-state index contributed by atoms with van der Waals surface area (Å²) in [5.74, 6) is -0.0633. The predicted octanol–water partition coefficient (Wildman–Crippen LogP) is 0.886. The highest BCUT2D eigenvalue weighted by molar-refractivity contribution is 6.06. The molecule has 100 valence electrons. The molecular formula is C14H17N3O2. The number of benzene rings is 1. The van der Waals surface area contributed by atoms with Crippen LogP contribution in [0.3, 0.4) is 0 Å². The minimum absolute atomic E-state index is 0.0582. The van der Waals surface area contributed by atoms with Gasteiger partial charge in [0.1, 0.15) is 0 Å². The molecule has 1 fully saturated rings. The van der Waals surface area contributed by atoms with Gasteiger partial charge in [0.2, 0.25) is 0 Å². The van der Waals surface area contributed by atoms with Crippen molar-refractivity contribution in [2.24, 2.45) is 0 Å². The van der Waals surface area contributed by atoms with Gasteiger partial charge in [-0.05, 0) is 6.07 Å². The van der Waals surface area contributed by atoms with Gasteiger partial charge in [0.15, 0.2) is 0 Å². The van der Waals surface area contributed by atoms with E-state index >= 15 is 0 Å². The quantitative estimate of drug-likeness (QED) is 0.767. The Morgan fingerprint density at radius 3 is 3.16 bits per heavy atom. The first-order chi connectivity index (χ1) is 9.34. The molecule has 1 unspecified atom stereocenters. The number of amides is 1. The molecule has 1 atom stereocenters. The molecule has 2 aromatic rings. The van der Waals surface area contributed by atoms with Crippen LogP contribution in [0.1, 0.15) is 10.4 Å². The van der Waals surface area contributed by atoms with Crippen LogP contribution in [-0.4, -0.2) is 43.2 Å². The summed E-state index contributed by atoms with van der Waals surface area (Å²) in [5, 5.41) is 7.11. The van der Waals surface area contributed by atoms with Gasteiger partial charge in [-0.2, -0.15) is 0 Å². The average Bonchev–Trinajstić information content (AvgIpc) is 2.90. The topological polar surface area (TPSA) is 66.2 Å². The van der Waals surface area contributed by atoms with Crippen molar-refractivity contribution >= 4 is 16.8 Å². The first kappa shape index (κ1) is 12.2. The second-order valence-electron chi connectivity index (χ2n) is 4.65. The van der Waals surface area contributed by atoms with Crippen LogP contribution >= 0.6 is 0 Å². The highest BCUT2D eigenvalue weighted by atomic mass is 16.5. The normalized spacial score (nSPS) is 19.5. The number of nitrogens with one attached hydrogen (secondary N) is 3. The fourth-order valence-electron chi connectivity index (χ4n) is 2.31. The molecule has 0 aliphatic carbocycles. The SMILES string of the molecule is O=C(NCC1CNCCO1)c1c[nH]c2ccccc12. The van der Waals surface area contributed by atoms with Crippen LogP contribution in [0.25, 0.3) is 10.9 Å². The summed E-state index contributed by atoms with van der Waals surface area (Å²) in [6.45, 7) is 2.90. The van der Waals surface area contributed by atoms with E-state index in [2.05, 4.69) is 15.6 Å². The van der Waals surface area contributed by atoms with Crippen LogP contribution in [0.5, 0.6) is 0 Å². The minimum atomic E-state index is -0.0633. The molecule has 5 nitrogen and oxygen atoms in total. The fourth-order valence-corrected chi connectivity index (χ4v) is 2.31. The lowest BCUT2D eigenvalue weighted by molar-refractivity contribution is 0.0287. The van der Waals surface area contributed by atoms with E-state index in [1.165, 1.54) is 0 Å². The van der Waals surface area contributed by atoms with Gasteiger partial charge in [-0.1, -0.05) is 18.2 Å². The summed E-state index contributed by atoms with van der Waals surface area (Å²) in [5.41, 5.74) is 1.66. The van der Waals surface area contributed by atoms with E-state index in [-0.39, 0.29) is 12.0 Å². The number of hydrogen-bond acceptors (Lipinski definition) is 3. The smallest absolute Gasteiger partial charge is 0.253 e. The van der Waals surface area contributed by atoms with Crippen molar-refractivity contribution in [3.8, 4) is 0 Å². The van der Waals surface area contributed by atoms with Gasteiger partial charge in [0.05, 0.1) is 18.3 Å². The maximum atomic E-state index is 12.2. The molecule has 1 aliphatic rings. The Labute approximate surface area is 111 Å². The molecule has 2 heterocycles. The summed E-state index contributed by atoms with van der Waals surface area (Å²) in [6.07, 6.45) is 1.81. The van der Waals surface area contributed by atoms with E-state index in [1.807, 2.05) is 24.3 Å². The number of H-pyrrole nitrogens is 1. The van der Waals surface area contributed by atoms with Crippen molar-refractivity contribution in [1.29, 1.82) is 0 Å². The fraction of sp³-hybridized carbons (Fsp3) is 0.357. The van der Waals surface area contributed by atoms with E-state index in [4.69, 9.17) is 4.74 Å². The van der Waals surface area contributed by atoms with Crippen molar-refractivity contribution in [3.63, 3.8) is 0 Å². The zero-order valence-corrected chi connectivity index (χ0v) is 10.6. The number of aromatic amines is 1. The number of carbonyl (C=O) groups excluding carboxylic acids is 1. The number of morpholine rings is 1. The standard InChI is InChI=1S/C14H17N3O2/c18-14(17-8-10-7-15-5-6-19-10)12-9-16-13-4-2-1-3-11(12)13/h1-4,9-10,15-16H,5-8H2,(H,17,18). The predicted molar refractivity (Wildman–Crippen MR) is 73.2 cm³/mol. The van der Waals surface area contributed by atoms with Gasteiger partial charge in [0.25, 0.3) is 5.91 Å². The second kappa shape index (κ2) is 5.42. The summed E-state index contributed by atoms with van der Waals surface area (Å²) >= 11 is 0. The Morgan fingerprint density at radius 1 is 1.42 bits per heavy atom. The Morgan fingerprint density at radius 2 is 2.32 bits per heavy atom. The molecule has 0 spiro atoms. The number of rotatable bonds is 3. The highest BCUT2D eigenvalue weighted by Gasteiger charge is 2.16. The molecule has 1 aliphatic heterocycles. The zero-order chi connectivity index (χ0) is 13.1. The highest BCUT2D eigenvalue weighted by Crippen LogP contribution is 2.17. The van der Waals surface area contributed by atoms with Gasteiger partial charge < -0.3 is 20.4 Å². The minimum Gasteiger partial charge on any atom is -0.374 e. The third-order valence-corrected chi connectivity index (χ3v) is 3.33. The lowest BCUT2D eigenvalue weighted by Crippen LogP contribution is -2.45. The molecule has 3 N–H and O–H groups in total. The molecule has 0 bridgehead atoms. The molecule has 5 heteroatoms. The lowest BCUT2D eigenvalue weighted by Gasteiger charge is -2.23. The molecule has 0 radical (unpaired) electrons. The van der Waals surface area contributed by atoms with Crippen LogP contribution < -0.4 is 10.6 Å². The van der Waals surface area contributed by atoms with E-state index in [0.717, 1.165) is 24.0 Å². The van der Waals surface area contributed by atoms with E-state index in [0.29, 0.717) is 18.7 Å². The first-order valence-electron chi connectivity index (χ1n) is 6.51. The van der Waals surface area contributed by atoms with E-state index in [9.17, 15) is 4.79 Å². The maximum Gasteiger partial charge on any atom is 0.253 e. The summed E-state index contributed by atoms with van der Waals surface area (Å²) in [7, 11) is 0. The first-order valence-corrected chi connectivity index (χ1v) is 6.51. The summed E-state index contributed by atoms with van der Waals surface area (Å²) < 4.78 is 5.55. The molecule has 1 aromatic heterocycles. The Hall–Kier alpha value is -1.85. The van der Waals surface area contributed by atoms with Crippen LogP contribution in [0.15, 0.2) is 30.5 Å². The molecule has 3 rings (SSSR count). The molecule has 1 saturated heterocycles. The number of para-hydroxylation sites is 1. The maximum absolute atomic E-state index is 12.2. The van der Waals surface area contributed by atoms with Gasteiger partial charge >= 0.3 is 0 Å². The van der Waals surface area contributed by atoms with Gasteiger partial charge in [-0.25, -0.2) is 0 Å².